The summed E-state index contributed by atoms with van der Waals surface area (Å²) in [6.45, 7) is 1.55. The number of carboxylic acid groups (broad SMARTS) is 1. The van der Waals surface area contributed by atoms with Gasteiger partial charge in [-0.05, 0) is 31.4 Å². The maximum atomic E-state index is 14.1. The number of carboxylic acids is 1. The molecule has 0 bridgehead atoms. The molecule has 3 nitrogen and oxygen atoms in total. The highest BCUT2D eigenvalue weighted by Crippen LogP contribution is 2.53. The van der Waals surface area contributed by atoms with Gasteiger partial charge < -0.3 is 10.0 Å². The molecular weight excluding hydrogens is 245 g/mol. The highest BCUT2D eigenvalue weighted by atomic mass is 19.1. The van der Waals surface area contributed by atoms with Crippen LogP contribution in [0, 0.1) is 5.82 Å². The summed E-state index contributed by atoms with van der Waals surface area (Å²) in [7, 11) is 0. The van der Waals surface area contributed by atoms with Crippen molar-refractivity contribution in [2.45, 2.75) is 37.5 Å². The number of benzene rings is 1. The zero-order chi connectivity index (χ0) is 13.5. The molecule has 1 spiro atoms. The average Bonchev–Trinajstić information content (AvgIpc) is 2.65. The van der Waals surface area contributed by atoms with Gasteiger partial charge in [0.05, 0.1) is 0 Å². The smallest absolute Gasteiger partial charge is 0.303 e. The number of rotatable bonds is 4. The Morgan fingerprint density at radius 3 is 2.84 bits per heavy atom. The molecular formula is C15H18FNO2. The highest BCUT2D eigenvalue weighted by molar-refractivity contribution is 5.67. The number of aliphatic carboxylic acids is 1. The van der Waals surface area contributed by atoms with Crippen molar-refractivity contribution < 1.29 is 14.3 Å². The van der Waals surface area contributed by atoms with Gasteiger partial charge in [0.1, 0.15) is 5.82 Å². The Bertz CT molecular complexity index is 511. The number of hydrogen-bond acceptors (Lipinski definition) is 2. The maximum absolute atomic E-state index is 14.1. The van der Waals surface area contributed by atoms with Crippen LogP contribution in [0.15, 0.2) is 18.2 Å². The summed E-state index contributed by atoms with van der Waals surface area (Å²) in [6, 6.07) is 5.25. The summed E-state index contributed by atoms with van der Waals surface area (Å²) < 4.78 is 14.1. The van der Waals surface area contributed by atoms with Crippen LogP contribution in [0.4, 0.5) is 10.1 Å². The minimum absolute atomic E-state index is 0.00387. The summed E-state index contributed by atoms with van der Waals surface area (Å²) >= 11 is 0. The molecule has 0 aromatic heterocycles. The Balaban J connectivity index is 1.82. The predicted octanol–water partition coefficient (Wildman–Crippen LogP) is 2.93. The first-order valence-corrected chi connectivity index (χ1v) is 6.88. The van der Waals surface area contributed by atoms with Crippen LogP contribution >= 0.6 is 0 Å². The Labute approximate surface area is 112 Å². The van der Waals surface area contributed by atoms with Crippen LogP contribution in [0.25, 0.3) is 0 Å². The molecule has 4 heteroatoms. The fraction of sp³-hybridized carbons (Fsp3) is 0.533. The van der Waals surface area contributed by atoms with E-state index in [1.165, 1.54) is 0 Å². The van der Waals surface area contributed by atoms with Gasteiger partial charge in [0.2, 0.25) is 0 Å². The number of carbonyl (C=O) groups is 1. The molecule has 1 N–H and O–H groups in total. The Kier molecular flexibility index (Phi) is 2.96. The molecule has 0 amide bonds. The number of halogens is 1. The van der Waals surface area contributed by atoms with Crippen LogP contribution < -0.4 is 4.90 Å². The van der Waals surface area contributed by atoms with Crippen LogP contribution in [0.3, 0.4) is 0 Å². The minimum Gasteiger partial charge on any atom is -0.481 e. The van der Waals surface area contributed by atoms with Gasteiger partial charge in [-0.2, -0.15) is 0 Å². The summed E-state index contributed by atoms with van der Waals surface area (Å²) in [4.78, 5) is 12.8. The lowest BCUT2D eigenvalue weighted by Crippen LogP contribution is -2.40. The van der Waals surface area contributed by atoms with Crippen molar-refractivity contribution in [2.24, 2.45) is 0 Å². The normalized spacial score (nSPS) is 19.3. The van der Waals surface area contributed by atoms with Gasteiger partial charge in [-0.15, -0.1) is 0 Å². The van der Waals surface area contributed by atoms with Crippen LogP contribution in [0.5, 0.6) is 0 Å². The molecule has 1 saturated carbocycles. The third-order valence-corrected chi connectivity index (χ3v) is 4.49. The highest BCUT2D eigenvalue weighted by Gasteiger charge is 2.48. The Morgan fingerprint density at radius 1 is 1.42 bits per heavy atom. The van der Waals surface area contributed by atoms with E-state index in [1.54, 1.807) is 12.1 Å². The van der Waals surface area contributed by atoms with Crippen molar-refractivity contribution in [2.75, 3.05) is 18.0 Å². The van der Waals surface area contributed by atoms with Gasteiger partial charge in [0.25, 0.3) is 0 Å². The quantitative estimate of drug-likeness (QED) is 0.908. The van der Waals surface area contributed by atoms with E-state index in [9.17, 15) is 9.18 Å². The van der Waals surface area contributed by atoms with Gasteiger partial charge >= 0.3 is 5.97 Å². The van der Waals surface area contributed by atoms with E-state index in [0.717, 1.165) is 37.1 Å². The molecule has 0 unspecified atom stereocenters. The summed E-state index contributed by atoms with van der Waals surface area (Å²) in [5.74, 6) is -0.866. The molecule has 0 radical (unpaired) electrons. The van der Waals surface area contributed by atoms with Crippen molar-refractivity contribution in [3.05, 3.63) is 29.6 Å². The van der Waals surface area contributed by atoms with Crippen molar-refractivity contribution >= 4 is 11.7 Å². The van der Waals surface area contributed by atoms with Gasteiger partial charge in [-0.1, -0.05) is 12.5 Å². The maximum Gasteiger partial charge on any atom is 0.303 e. The van der Waals surface area contributed by atoms with E-state index in [1.807, 2.05) is 6.07 Å². The molecule has 3 rings (SSSR count). The van der Waals surface area contributed by atoms with Crippen LogP contribution in [-0.2, 0) is 10.2 Å². The molecule has 0 atom stereocenters. The third kappa shape index (κ3) is 1.99. The molecule has 1 aromatic carbocycles. The molecule has 0 saturated heterocycles. The second-order valence-electron chi connectivity index (χ2n) is 5.69. The molecule has 1 fully saturated rings. The zero-order valence-electron chi connectivity index (χ0n) is 10.9. The molecule has 2 aliphatic rings. The van der Waals surface area contributed by atoms with Gasteiger partial charge in [-0.3, -0.25) is 4.79 Å². The van der Waals surface area contributed by atoms with Gasteiger partial charge in [0.15, 0.2) is 0 Å². The van der Waals surface area contributed by atoms with Crippen molar-refractivity contribution in [3.63, 3.8) is 0 Å². The number of nitrogens with zero attached hydrogens (tertiary/aromatic N) is 1. The van der Waals surface area contributed by atoms with Gasteiger partial charge in [0, 0.05) is 36.2 Å². The second-order valence-corrected chi connectivity index (χ2v) is 5.69. The lowest BCUT2D eigenvalue weighted by atomic mass is 9.65. The number of anilines is 1. The molecule has 1 aliphatic heterocycles. The van der Waals surface area contributed by atoms with E-state index in [2.05, 4.69) is 4.90 Å². The lowest BCUT2D eigenvalue weighted by molar-refractivity contribution is -0.137. The molecule has 19 heavy (non-hydrogen) atoms. The number of fused-ring (bicyclic) bond motifs is 2. The topological polar surface area (TPSA) is 40.5 Å². The van der Waals surface area contributed by atoms with Crippen LogP contribution in [0.1, 0.15) is 37.7 Å². The standard InChI is InChI=1S/C15H18FNO2/c16-11-4-1-5-12-14(11)15(7-3-8-15)10-17(12)9-2-6-13(18)19/h1,4-5H,2-3,6-10H2,(H,18,19). The summed E-state index contributed by atoms with van der Waals surface area (Å²) in [6.07, 6.45) is 4.05. The third-order valence-electron chi connectivity index (χ3n) is 4.49. The second kappa shape index (κ2) is 4.51. The van der Waals surface area contributed by atoms with Crippen molar-refractivity contribution in [1.29, 1.82) is 0 Å². The van der Waals surface area contributed by atoms with Crippen molar-refractivity contribution in [3.8, 4) is 0 Å². The van der Waals surface area contributed by atoms with Crippen LogP contribution in [0.2, 0.25) is 0 Å². The Morgan fingerprint density at radius 2 is 2.21 bits per heavy atom. The first-order chi connectivity index (χ1) is 9.12. The zero-order valence-corrected chi connectivity index (χ0v) is 10.9. The van der Waals surface area contributed by atoms with E-state index in [4.69, 9.17) is 5.11 Å². The number of hydrogen-bond donors (Lipinski definition) is 1. The first-order valence-electron chi connectivity index (χ1n) is 6.88. The van der Waals surface area contributed by atoms with Gasteiger partial charge in [-0.25, -0.2) is 4.39 Å². The molecule has 1 aliphatic carbocycles. The Hall–Kier alpha value is -1.58. The molecule has 1 heterocycles. The largest absolute Gasteiger partial charge is 0.481 e. The summed E-state index contributed by atoms with van der Waals surface area (Å²) in [5.41, 5.74) is 1.85. The minimum atomic E-state index is -0.767. The van der Waals surface area contributed by atoms with E-state index in [0.29, 0.717) is 13.0 Å². The van der Waals surface area contributed by atoms with E-state index in [-0.39, 0.29) is 17.7 Å². The fourth-order valence-electron chi connectivity index (χ4n) is 3.46. The first kappa shape index (κ1) is 12.5. The van der Waals surface area contributed by atoms with Crippen LogP contribution in [-0.4, -0.2) is 24.2 Å². The lowest BCUT2D eigenvalue weighted by Gasteiger charge is -2.39. The fourth-order valence-corrected chi connectivity index (χ4v) is 3.46. The van der Waals surface area contributed by atoms with E-state index >= 15 is 0 Å². The summed E-state index contributed by atoms with van der Waals surface area (Å²) in [5, 5.41) is 8.71. The molecule has 1 aromatic rings. The van der Waals surface area contributed by atoms with Crippen molar-refractivity contribution in [1.82, 2.24) is 0 Å². The monoisotopic (exact) mass is 263 g/mol. The molecule has 102 valence electrons. The predicted molar refractivity (Wildman–Crippen MR) is 71.0 cm³/mol. The average molecular weight is 263 g/mol. The SMILES string of the molecule is O=C(O)CCCN1CC2(CCC2)c2c(F)cccc21. The van der Waals surface area contributed by atoms with E-state index < -0.39 is 5.97 Å².